The smallest absolute Gasteiger partial charge is 0.248 e. The summed E-state index contributed by atoms with van der Waals surface area (Å²) in [4.78, 5) is 42.8. The number of hydrogen-bond donors (Lipinski definition) is 2. The number of nitriles is 1. The van der Waals surface area contributed by atoms with Gasteiger partial charge >= 0.3 is 0 Å². The second kappa shape index (κ2) is 6.79. The molecule has 4 aliphatic rings. The molecule has 1 unspecified atom stereocenters. The number of carbonyl (C=O) groups excluding carboxylic acids is 3. The minimum Gasteiger partial charge on any atom is -0.366 e. The molecule has 156 valence electrons. The van der Waals surface area contributed by atoms with E-state index < -0.39 is 11.9 Å². The molecule has 1 aromatic rings. The summed E-state index contributed by atoms with van der Waals surface area (Å²) in [7, 11) is 0. The van der Waals surface area contributed by atoms with Crippen LogP contribution in [0, 0.1) is 17.2 Å². The van der Waals surface area contributed by atoms with E-state index >= 15 is 0 Å². The van der Waals surface area contributed by atoms with Crippen molar-refractivity contribution in [3.8, 4) is 6.07 Å². The van der Waals surface area contributed by atoms with Crippen LogP contribution in [0.4, 0.5) is 5.69 Å². The molecule has 0 radical (unpaired) electrons. The first-order valence-electron chi connectivity index (χ1n) is 10.3. The summed E-state index contributed by atoms with van der Waals surface area (Å²) in [6.07, 6.45) is 2.37. The summed E-state index contributed by atoms with van der Waals surface area (Å²) in [6.45, 7) is 0.916. The van der Waals surface area contributed by atoms with Crippen LogP contribution < -0.4 is 16.4 Å². The number of fused-ring (bicyclic) bond motifs is 3. The van der Waals surface area contributed by atoms with Crippen LogP contribution in [-0.2, 0) is 9.59 Å². The minimum absolute atomic E-state index is 0.0283. The van der Waals surface area contributed by atoms with Crippen LogP contribution in [0.25, 0.3) is 0 Å². The average molecular weight is 408 g/mol. The Morgan fingerprint density at radius 1 is 1.27 bits per heavy atom. The van der Waals surface area contributed by atoms with E-state index in [2.05, 4.69) is 6.07 Å². The number of primary amides is 1. The molecule has 1 aromatic carbocycles. The van der Waals surface area contributed by atoms with Gasteiger partial charge < -0.3 is 21.3 Å². The summed E-state index contributed by atoms with van der Waals surface area (Å²) in [5.74, 6) is -0.325. The molecule has 0 spiro atoms. The van der Waals surface area contributed by atoms with Crippen molar-refractivity contribution in [3.05, 3.63) is 29.8 Å². The van der Waals surface area contributed by atoms with Gasteiger partial charge in [-0.3, -0.25) is 19.3 Å². The monoisotopic (exact) mass is 408 g/mol. The van der Waals surface area contributed by atoms with Gasteiger partial charge in [-0.25, -0.2) is 0 Å². The maximum atomic E-state index is 13.0. The van der Waals surface area contributed by atoms with Gasteiger partial charge in [0.05, 0.1) is 24.2 Å². The maximum Gasteiger partial charge on any atom is 0.248 e. The molecule has 3 amide bonds. The van der Waals surface area contributed by atoms with Crippen molar-refractivity contribution in [2.75, 3.05) is 18.0 Å². The number of nitrogens with zero attached hydrogens (tertiary/aromatic N) is 4. The van der Waals surface area contributed by atoms with Gasteiger partial charge in [-0.05, 0) is 43.4 Å². The van der Waals surface area contributed by atoms with E-state index in [1.54, 1.807) is 34.1 Å². The highest BCUT2D eigenvalue weighted by Crippen LogP contribution is 2.47. The predicted molar refractivity (Wildman–Crippen MR) is 107 cm³/mol. The Bertz CT molecular complexity index is 974. The summed E-state index contributed by atoms with van der Waals surface area (Å²) < 4.78 is 0. The highest BCUT2D eigenvalue weighted by atomic mass is 16.2. The van der Waals surface area contributed by atoms with Crippen molar-refractivity contribution < 1.29 is 14.4 Å². The zero-order chi connectivity index (χ0) is 21.2. The first-order valence-corrected chi connectivity index (χ1v) is 10.3. The Hall–Kier alpha value is -2.96. The number of carbonyl (C=O) groups is 3. The van der Waals surface area contributed by atoms with Crippen molar-refractivity contribution in [1.29, 1.82) is 5.26 Å². The summed E-state index contributed by atoms with van der Waals surface area (Å²) >= 11 is 0. The van der Waals surface area contributed by atoms with Gasteiger partial charge in [0.2, 0.25) is 17.7 Å². The van der Waals surface area contributed by atoms with Gasteiger partial charge in [-0.15, -0.1) is 0 Å². The van der Waals surface area contributed by atoms with Crippen molar-refractivity contribution >= 4 is 23.4 Å². The van der Waals surface area contributed by atoms with E-state index in [9.17, 15) is 19.6 Å². The van der Waals surface area contributed by atoms with Crippen LogP contribution in [-0.4, -0.2) is 70.8 Å². The van der Waals surface area contributed by atoms with Gasteiger partial charge in [0, 0.05) is 30.4 Å². The lowest BCUT2D eigenvalue weighted by Gasteiger charge is -2.35. The number of piperidine rings is 1. The number of piperazine rings is 1. The molecular formula is C21H24N6O3. The number of anilines is 1. The zero-order valence-electron chi connectivity index (χ0n) is 16.5. The quantitative estimate of drug-likeness (QED) is 0.668. The van der Waals surface area contributed by atoms with Crippen LogP contribution in [0.15, 0.2) is 24.3 Å². The largest absolute Gasteiger partial charge is 0.366 e. The summed E-state index contributed by atoms with van der Waals surface area (Å²) in [6, 6.07) is 7.67. The van der Waals surface area contributed by atoms with E-state index in [1.807, 2.05) is 4.90 Å². The van der Waals surface area contributed by atoms with Crippen LogP contribution in [0.5, 0.6) is 0 Å². The van der Waals surface area contributed by atoms with Gasteiger partial charge in [-0.1, -0.05) is 6.07 Å². The van der Waals surface area contributed by atoms with Gasteiger partial charge in [-0.2, -0.15) is 5.26 Å². The molecule has 2 bridgehead atoms. The number of likely N-dealkylation sites (tertiary alicyclic amines) is 2. The van der Waals surface area contributed by atoms with Crippen LogP contribution in [0.2, 0.25) is 0 Å². The molecule has 0 aromatic heterocycles. The molecule has 3 saturated heterocycles. The molecule has 30 heavy (non-hydrogen) atoms. The van der Waals surface area contributed by atoms with Crippen molar-refractivity contribution in [1.82, 2.24) is 9.80 Å². The highest BCUT2D eigenvalue weighted by Gasteiger charge is 2.55. The second-order valence-electron chi connectivity index (χ2n) is 8.78. The third kappa shape index (κ3) is 2.87. The summed E-state index contributed by atoms with van der Waals surface area (Å²) in [5.41, 5.74) is 12.6. The molecule has 1 saturated carbocycles. The zero-order valence-corrected chi connectivity index (χ0v) is 16.5. The van der Waals surface area contributed by atoms with E-state index in [0.29, 0.717) is 36.7 Å². The van der Waals surface area contributed by atoms with Gasteiger partial charge in [0.25, 0.3) is 0 Å². The lowest BCUT2D eigenvalue weighted by Crippen LogP contribution is -2.57. The molecular weight excluding hydrogens is 384 g/mol. The first kappa shape index (κ1) is 19.0. The number of rotatable bonds is 5. The van der Waals surface area contributed by atoms with Gasteiger partial charge in [0.15, 0.2) is 0 Å². The second-order valence-corrected chi connectivity index (χ2v) is 8.78. The third-order valence-electron chi connectivity index (χ3n) is 6.93. The molecule has 9 nitrogen and oxygen atoms in total. The fourth-order valence-corrected chi connectivity index (χ4v) is 5.42. The summed E-state index contributed by atoms with van der Waals surface area (Å²) in [5, 5.41) is 9.33. The Kier molecular flexibility index (Phi) is 4.31. The average Bonchev–Trinajstić information content (AvgIpc) is 3.07. The number of hydrogen-bond acceptors (Lipinski definition) is 6. The fraction of sp³-hybridized carbons (Fsp3) is 0.524. The normalized spacial score (nSPS) is 32.8. The van der Waals surface area contributed by atoms with E-state index in [4.69, 9.17) is 11.5 Å². The Labute approximate surface area is 174 Å². The molecule has 9 heteroatoms. The molecule has 5 rings (SSSR count). The molecule has 4 fully saturated rings. The topological polar surface area (TPSA) is 137 Å². The molecule has 3 heterocycles. The molecule has 3 aliphatic heterocycles. The lowest BCUT2D eigenvalue weighted by molar-refractivity contribution is -0.135. The van der Waals surface area contributed by atoms with Crippen molar-refractivity contribution in [2.45, 2.75) is 49.5 Å². The molecule has 1 aliphatic carbocycles. The Morgan fingerprint density at radius 3 is 2.77 bits per heavy atom. The van der Waals surface area contributed by atoms with Crippen molar-refractivity contribution in [2.24, 2.45) is 17.4 Å². The van der Waals surface area contributed by atoms with Crippen LogP contribution in [0.3, 0.4) is 0 Å². The number of amides is 3. The van der Waals surface area contributed by atoms with E-state index in [1.165, 1.54) is 0 Å². The van der Waals surface area contributed by atoms with E-state index in [-0.39, 0.29) is 36.0 Å². The van der Waals surface area contributed by atoms with Crippen LogP contribution >= 0.6 is 0 Å². The third-order valence-corrected chi connectivity index (χ3v) is 6.93. The number of nitrogens with two attached hydrogens (primary N) is 2. The van der Waals surface area contributed by atoms with Gasteiger partial charge in [0.1, 0.15) is 6.04 Å². The minimum atomic E-state index is -0.751. The Morgan fingerprint density at radius 2 is 2.07 bits per heavy atom. The fourth-order valence-electron chi connectivity index (χ4n) is 5.42. The Balaban J connectivity index is 1.26. The maximum absolute atomic E-state index is 13.0. The predicted octanol–water partition coefficient (Wildman–Crippen LogP) is -0.585. The van der Waals surface area contributed by atoms with Crippen LogP contribution in [0.1, 0.15) is 29.6 Å². The standard InChI is InChI=1S/C21H24N6O3/c22-8-14-5-12-6-17(12)27(14)20(29)16(23)10-25-9-15-7-18(25)21(30)26(15)13-3-1-2-11(4-13)19(24)28/h1-4,12,14-18H,5-7,9-10,23H2,(H2,24,28)/t12?,14-,15-,16-,17-,18-/m0/s1. The lowest BCUT2D eigenvalue weighted by atomic mass is 10.1. The number of benzene rings is 1. The SMILES string of the molecule is N#C[C@@H]1CC2C[C@@H]2N1C(=O)[C@@H](N)CN1C[C@@H]2C[C@H]1C(=O)N2c1cccc(C(N)=O)c1. The molecule has 6 atom stereocenters. The van der Waals surface area contributed by atoms with Crippen molar-refractivity contribution in [3.63, 3.8) is 0 Å². The van der Waals surface area contributed by atoms with E-state index in [0.717, 1.165) is 12.8 Å². The first-order chi connectivity index (χ1) is 14.4. The molecule has 4 N–H and O–H groups in total. The highest BCUT2D eigenvalue weighted by molar-refractivity contribution is 6.02.